The number of amides is 1. The molecule has 1 aromatic heterocycles. The molecule has 1 aliphatic heterocycles. The third-order valence-corrected chi connectivity index (χ3v) is 8.91. The van der Waals surface area contributed by atoms with Crippen molar-refractivity contribution in [2.75, 3.05) is 13.1 Å². The van der Waals surface area contributed by atoms with Crippen LogP contribution in [-0.2, 0) is 14.8 Å². The maximum atomic E-state index is 13.0. The van der Waals surface area contributed by atoms with E-state index in [0.717, 1.165) is 24.8 Å². The summed E-state index contributed by atoms with van der Waals surface area (Å²) in [5, 5.41) is 5.00. The standard InChI is InChI=1S/C21H26N2O3S2/c1-15-6-8-16(9-7-15)20(17-10-11-17)22-21(24)18-4-2-12-23(14-18)28(25,26)19-5-3-13-27-19/h3,5-9,13,17-18,20H,2,4,10-12,14H2,1H3,(H,22,24). The smallest absolute Gasteiger partial charge is 0.252 e. The molecule has 1 aliphatic carbocycles. The molecule has 1 saturated heterocycles. The average Bonchev–Trinajstić information content (AvgIpc) is 3.38. The molecule has 5 nitrogen and oxygen atoms in total. The quantitative estimate of drug-likeness (QED) is 0.777. The van der Waals surface area contributed by atoms with Gasteiger partial charge in [0, 0.05) is 13.1 Å². The molecular formula is C21H26N2O3S2. The van der Waals surface area contributed by atoms with E-state index in [1.54, 1.807) is 17.5 Å². The molecule has 2 unspecified atom stereocenters. The fourth-order valence-electron chi connectivity index (χ4n) is 3.86. The van der Waals surface area contributed by atoms with Gasteiger partial charge in [0.25, 0.3) is 10.0 Å². The van der Waals surface area contributed by atoms with E-state index in [0.29, 0.717) is 23.1 Å². The second-order valence-electron chi connectivity index (χ2n) is 7.87. The van der Waals surface area contributed by atoms with E-state index in [1.165, 1.54) is 21.2 Å². The molecule has 4 rings (SSSR count). The Morgan fingerprint density at radius 2 is 1.93 bits per heavy atom. The minimum absolute atomic E-state index is 0.0245. The van der Waals surface area contributed by atoms with Gasteiger partial charge in [-0.3, -0.25) is 4.79 Å². The summed E-state index contributed by atoms with van der Waals surface area (Å²) in [7, 11) is -3.50. The van der Waals surface area contributed by atoms with E-state index in [9.17, 15) is 13.2 Å². The van der Waals surface area contributed by atoms with Crippen LogP contribution in [0.15, 0.2) is 46.0 Å². The summed E-state index contributed by atoms with van der Waals surface area (Å²) in [5.74, 6) is 0.167. The summed E-state index contributed by atoms with van der Waals surface area (Å²) < 4.78 is 27.5. The van der Waals surface area contributed by atoms with Gasteiger partial charge in [-0.15, -0.1) is 11.3 Å². The van der Waals surface area contributed by atoms with E-state index in [2.05, 4.69) is 36.5 Å². The van der Waals surface area contributed by atoms with Crippen molar-refractivity contribution in [1.82, 2.24) is 9.62 Å². The first-order valence-electron chi connectivity index (χ1n) is 9.86. The van der Waals surface area contributed by atoms with E-state index in [-0.39, 0.29) is 24.4 Å². The zero-order valence-corrected chi connectivity index (χ0v) is 17.6. The number of nitrogens with one attached hydrogen (secondary N) is 1. The van der Waals surface area contributed by atoms with Crippen molar-refractivity contribution in [2.45, 2.75) is 42.9 Å². The molecule has 1 saturated carbocycles. The Labute approximate surface area is 170 Å². The van der Waals surface area contributed by atoms with Crippen LogP contribution in [0.5, 0.6) is 0 Å². The predicted octanol–water partition coefficient (Wildman–Crippen LogP) is 3.72. The molecule has 0 bridgehead atoms. The van der Waals surface area contributed by atoms with Crippen LogP contribution in [0.4, 0.5) is 0 Å². The van der Waals surface area contributed by atoms with E-state index >= 15 is 0 Å². The number of sulfonamides is 1. The maximum Gasteiger partial charge on any atom is 0.252 e. The number of rotatable bonds is 6. The summed E-state index contributed by atoms with van der Waals surface area (Å²) in [6.45, 7) is 2.80. The lowest BCUT2D eigenvalue weighted by Crippen LogP contribution is -2.46. The number of carbonyl (C=O) groups is 1. The van der Waals surface area contributed by atoms with Crippen molar-refractivity contribution in [2.24, 2.45) is 11.8 Å². The van der Waals surface area contributed by atoms with E-state index < -0.39 is 10.0 Å². The van der Waals surface area contributed by atoms with Crippen molar-refractivity contribution >= 4 is 27.3 Å². The number of aryl methyl sites for hydroxylation is 1. The highest BCUT2D eigenvalue weighted by atomic mass is 32.2. The topological polar surface area (TPSA) is 66.5 Å². The number of thiophene rings is 1. The minimum atomic E-state index is -3.50. The Morgan fingerprint density at radius 3 is 2.57 bits per heavy atom. The Bertz CT molecular complexity index is 919. The van der Waals surface area contributed by atoms with Crippen LogP contribution in [0.25, 0.3) is 0 Å². The first-order valence-corrected chi connectivity index (χ1v) is 12.2. The molecule has 2 aromatic rings. The summed E-state index contributed by atoms with van der Waals surface area (Å²) in [6, 6.07) is 11.7. The molecule has 28 heavy (non-hydrogen) atoms. The van der Waals surface area contributed by atoms with Gasteiger partial charge in [-0.2, -0.15) is 4.31 Å². The summed E-state index contributed by atoms with van der Waals surface area (Å²) in [6.07, 6.45) is 3.69. The summed E-state index contributed by atoms with van der Waals surface area (Å²) >= 11 is 1.22. The summed E-state index contributed by atoms with van der Waals surface area (Å²) in [4.78, 5) is 13.0. The largest absolute Gasteiger partial charge is 0.349 e. The lowest BCUT2D eigenvalue weighted by Gasteiger charge is -2.32. The highest BCUT2D eigenvalue weighted by Crippen LogP contribution is 2.41. The Kier molecular flexibility index (Phi) is 5.58. The van der Waals surface area contributed by atoms with Gasteiger partial charge in [0.1, 0.15) is 4.21 Å². The number of carbonyl (C=O) groups excluding carboxylic acids is 1. The fraction of sp³-hybridized carbons (Fsp3) is 0.476. The van der Waals surface area contributed by atoms with Gasteiger partial charge in [-0.25, -0.2) is 8.42 Å². The number of hydrogen-bond acceptors (Lipinski definition) is 4. The Balaban J connectivity index is 1.46. The van der Waals surface area contributed by atoms with Crippen LogP contribution in [0.2, 0.25) is 0 Å². The van der Waals surface area contributed by atoms with Crippen molar-refractivity contribution in [1.29, 1.82) is 0 Å². The van der Waals surface area contributed by atoms with Gasteiger partial charge in [-0.05, 0) is 55.5 Å². The normalized spacial score (nSPS) is 22.0. The number of nitrogens with zero attached hydrogens (tertiary/aromatic N) is 1. The number of benzene rings is 1. The van der Waals surface area contributed by atoms with Crippen molar-refractivity contribution < 1.29 is 13.2 Å². The van der Waals surface area contributed by atoms with Gasteiger partial charge < -0.3 is 5.32 Å². The first-order chi connectivity index (χ1) is 13.4. The first kappa shape index (κ1) is 19.6. The highest BCUT2D eigenvalue weighted by Gasteiger charge is 2.37. The fourth-order valence-corrected chi connectivity index (χ4v) is 6.53. The van der Waals surface area contributed by atoms with E-state index in [1.807, 2.05) is 0 Å². The van der Waals surface area contributed by atoms with Gasteiger partial charge in [0.15, 0.2) is 0 Å². The molecule has 1 aromatic carbocycles. The third-order valence-electron chi connectivity index (χ3n) is 5.67. The molecule has 1 amide bonds. The second-order valence-corrected chi connectivity index (χ2v) is 11.0. The SMILES string of the molecule is Cc1ccc(C(NC(=O)C2CCCN(S(=O)(=O)c3cccs3)C2)C2CC2)cc1. The van der Waals surface area contributed by atoms with Crippen LogP contribution in [-0.4, -0.2) is 31.7 Å². The second kappa shape index (κ2) is 7.97. The van der Waals surface area contributed by atoms with E-state index in [4.69, 9.17) is 0 Å². The zero-order chi connectivity index (χ0) is 19.7. The van der Waals surface area contributed by atoms with Gasteiger partial charge in [0.2, 0.25) is 5.91 Å². The van der Waals surface area contributed by atoms with Crippen LogP contribution in [0.1, 0.15) is 42.9 Å². The third kappa shape index (κ3) is 4.16. The molecule has 0 spiro atoms. The average molecular weight is 419 g/mol. The van der Waals surface area contributed by atoms with Crippen molar-refractivity contribution in [3.8, 4) is 0 Å². The molecular weight excluding hydrogens is 392 g/mol. The maximum absolute atomic E-state index is 13.0. The predicted molar refractivity (Wildman–Crippen MR) is 111 cm³/mol. The minimum Gasteiger partial charge on any atom is -0.349 e. The molecule has 150 valence electrons. The lowest BCUT2D eigenvalue weighted by atomic mass is 9.96. The van der Waals surface area contributed by atoms with Crippen LogP contribution < -0.4 is 5.32 Å². The van der Waals surface area contributed by atoms with Crippen molar-refractivity contribution in [3.05, 3.63) is 52.9 Å². The summed E-state index contributed by atoms with van der Waals surface area (Å²) in [5.41, 5.74) is 2.34. The molecule has 2 fully saturated rings. The van der Waals surface area contributed by atoms with Crippen molar-refractivity contribution in [3.63, 3.8) is 0 Å². The van der Waals surface area contributed by atoms with Crippen LogP contribution in [0, 0.1) is 18.8 Å². The van der Waals surface area contributed by atoms with Gasteiger partial charge in [-0.1, -0.05) is 35.9 Å². The number of hydrogen-bond donors (Lipinski definition) is 1. The highest BCUT2D eigenvalue weighted by molar-refractivity contribution is 7.91. The van der Waals surface area contributed by atoms with Crippen LogP contribution >= 0.6 is 11.3 Å². The van der Waals surface area contributed by atoms with Crippen LogP contribution in [0.3, 0.4) is 0 Å². The molecule has 2 aliphatic rings. The monoisotopic (exact) mass is 418 g/mol. The molecule has 7 heteroatoms. The molecule has 1 N–H and O–H groups in total. The molecule has 2 heterocycles. The zero-order valence-electron chi connectivity index (χ0n) is 16.0. The van der Waals surface area contributed by atoms with Gasteiger partial charge in [0.05, 0.1) is 12.0 Å². The van der Waals surface area contributed by atoms with Gasteiger partial charge >= 0.3 is 0 Å². The lowest BCUT2D eigenvalue weighted by molar-refractivity contribution is -0.127. The molecule has 2 atom stereocenters. The number of piperidine rings is 1. The Hall–Kier alpha value is -1.70. The molecule has 0 radical (unpaired) electrons. The Morgan fingerprint density at radius 1 is 1.18 bits per heavy atom.